The van der Waals surface area contributed by atoms with Gasteiger partial charge in [-0.3, -0.25) is 0 Å². The van der Waals surface area contributed by atoms with Crippen LogP contribution in [-0.2, 0) is 6.54 Å². The van der Waals surface area contributed by atoms with Crippen molar-refractivity contribution in [2.75, 3.05) is 5.32 Å². The molecule has 0 amide bonds. The standard InChI is InChI=1S/C16H16Cl3NO/c1-10(2)21-16-4-3-12(17)5-11(16)9-20-15-7-13(18)6-14(19)8-15/h3-8,10,20H,9H2,1-2H3. The predicted octanol–water partition coefficient (Wildman–Crippen LogP) is 6.05. The van der Waals surface area contributed by atoms with Gasteiger partial charge < -0.3 is 10.1 Å². The topological polar surface area (TPSA) is 21.3 Å². The molecule has 0 bridgehead atoms. The molecule has 0 saturated carbocycles. The van der Waals surface area contributed by atoms with Gasteiger partial charge in [-0.05, 0) is 50.2 Å². The van der Waals surface area contributed by atoms with Crippen LogP contribution in [0.2, 0.25) is 15.1 Å². The summed E-state index contributed by atoms with van der Waals surface area (Å²) in [6.07, 6.45) is 0.102. The van der Waals surface area contributed by atoms with E-state index in [1.165, 1.54) is 0 Å². The maximum atomic E-state index is 6.06. The summed E-state index contributed by atoms with van der Waals surface area (Å²) in [6, 6.07) is 10.9. The highest BCUT2D eigenvalue weighted by Crippen LogP contribution is 2.27. The van der Waals surface area contributed by atoms with Crippen LogP contribution in [0.4, 0.5) is 5.69 Å². The van der Waals surface area contributed by atoms with Crippen molar-refractivity contribution in [3.63, 3.8) is 0 Å². The van der Waals surface area contributed by atoms with Crippen molar-refractivity contribution >= 4 is 40.5 Å². The lowest BCUT2D eigenvalue weighted by Crippen LogP contribution is -2.09. The summed E-state index contributed by atoms with van der Waals surface area (Å²) in [5.41, 5.74) is 1.83. The number of halogens is 3. The van der Waals surface area contributed by atoms with E-state index in [1.807, 2.05) is 44.2 Å². The molecule has 2 aromatic carbocycles. The fourth-order valence-electron chi connectivity index (χ4n) is 1.91. The first-order valence-corrected chi connectivity index (χ1v) is 7.72. The van der Waals surface area contributed by atoms with Crippen LogP contribution in [0.3, 0.4) is 0 Å². The van der Waals surface area contributed by atoms with Crippen LogP contribution in [0.25, 0.3) is 0 Å². The normalized spacial score (nSPS) is 10.8. The van der Waals surface area contributed by atoms with E-state index in [-0.39, 0.29) is 6.10 Å². The third-order valence-electron chi connectivity index (χ3n) is 2.73. The van der Waals surface area contributed by atoms with E-state index in [4.69, 9.17) is 39.5 Å². The number of ether oxygens (including phenoxy) is 1. The van der Waals surface area contributed by atoms with Gasteiger partial charge in [0.15, 0.2) is 0 Å². The van der Waals surface area contributed by atoms with Crippen molar-refractivity contribution in [2.24, 2.45) is 0 Å². The fraction of sp³-hybridized carbons (Fsp3) is 0.250. The first kappa shape index (κ1) is 16.3. The lowest BCUT2D eigenvalue weighted by Gasteiger charge is -2.15. The zero-order valence-electron chi connectivity index (χ0n) is 11.8. The molecule has 2 nitrogen and oxygen atoms in total. The Morgan fingerprint density at radius 3 is 2.24 bits per heavy atom. The molecule has 0 saturated heterocycles. The molecule has 0 radical (unpaired) electrons. The van der Waals surface area contributed by atoms with Crippen LogP contribution >= 0.6 is 34.8 Å². The molecule has 0 aliphatic rings. The molecule has 0 fully saturated rings. The molecule has 0 aromatic heterocycles. The summed E-state index contributed by atoms with van der Waals surface area (Å²) in [6.45, 7) is 4.55. The average molecular weight is 345 g/mol. The maximum absolute atomic E-state index is 6.06. The van der Waals surface area contributed by atoms with Crippen molar-refractivity contribution in [3.05, 3.63) is 57.0 Å². The second-order valence-corrected chi connectivity index (χ2v) is 6.24. The Kier molecular flexibility index (Phi) is 5.63. The van der Waals surface area contributed by atoms with Crippen LogP contribution in [0.1, 0.15) is 19.4 Å². The quantitative estimate of drug-likeness (QED) is 0.713. The minimum Gasteiger partial charge on any atom is -0.491 e. The van der Waals surface area contributed by atoms with Crippen LogP contribution < -0.4 is 10.1 Å². The SMILES string of the molecule is CC(C)Oc1ccc(Cl)cc1CNc1cc(Cl)cc(Cl)c1. The van der Waals surface area contributed by atoms with E-state index in [2.05, 4.69) is 5.32 Å². The highest BCUT2D eigenvalue weighted by molar-refractivity contribution is 6.35. The van der Waals surface area contributed by atoms with Gasteiger partial charge in [0, 0.05) is 32.9 Å². The zero-order chi connectivity index (χ0) is 15.4. The zero-order valence-corrected chi connectivity index (χ0v) is 14.1. The number of rotatable bonds is 5. The Hall–Kier alpha value is -1.09. The molecule has 2 aromatic rings. The first-order chi connectivity index (χ1) is 9.94. The smallest absolute Gasteiger partial charge is 0.124 e. The summed E-state index contributed by atoms with van der Waals surface area (Å²) in [4.78, 5) is 0. The van der Waals surface area contributed by atoms with Gasteiger partial charge in [0.05, 0.1) is 6.10 Å². The van der Waals surface area contributed by atoms with Gasteiger partial charge >= 0.3 is 0 Å². The van der Waals surface area contributed by atoms with Gasteiger partial charge in [0.1, 0.15) is 5.75 Å². The Bertz CT molecular complexity index is 609. The van der Waals surface area contributed by atoms with Crippen LogP contribution in [0, 0.1) is 0 Å². The summed E-state index contributed by atoms with van der Waals surface area (Å²) < 4.78 is 5.79. The Balaban J connectivity index is 2.16. The molecule has 0 unspecified atom stereocenters. The van der Waals surface area contributed by atoms with E-state index in [1.54, 1.807) is 6.07 Å². The van der Waals surface area contributed by atoms with E-state index in [9.17, 15) is 0 Å². The van der Waals surface area contributed by atoms with Crippen molar-refractivity contribution < 1.29 is 4.74 Å². The lowest BCUT2D eigenvalue weighted by atomic mass is 10.2. The first-order valence-electron chi connectivity index (χ1n) is 6.59. The molecule has 5 heteroatoms. The largest absolute Gasteiger partial charge is 0.491 e. The Morgan fingerprint density at radius 1 is 0.952 bits per heavy atom. The number of hydrogen-bond donors (Lipinski definition) is 1. The molecule has 2 rings (SSSR count). The van der Waals surface area contributed by atoms with E-state index < -0.39 is 0 Å². The fourth-order valence-corrected chi connectivity index (χ4v) is 2.63. The van der Waals surface area contributed by atoms with Gasteiger partial charge in [-0.25, -0.2) is 0 Å². The molecule has 21 heavy (non-hydrogen) atoms. The van der Waals surface area contributed by atoms with Gasteiger partial charge in [-0.2, -0.15) is 0 Å². The van der Waals surface area contributed by atoms with Gasteiger partial charge in [-0.15, -0.1) is 0 Å². The van der Waals surface area contributed by atoms with Gasteiger partial charge in [0.25, 0.3) is 0 Å². The molecule has 0 aliphatic heterocycles. The molecular weight excluding hydrogens is 329 g/mol. The molecule has 112 valence electrons. The van der Waals surface area contributed by atoms with Crippen LogP contribution in [-0.4, -0.2) is 6.10 Å². The molecule has 0 heterocycles. The highest BCUT2D eigenvalue weighted by Gasteiger charge is 2.07. The van der Waals surface area contributed by atoms with Crippen molar-refractivity contribution in [2.45, 2.75) is 26.5 Å². The molecule has 0 spiro atoms. The molecular formula is C16H16Cl3NO. The Morgan fingerprint density at radius 2 is 1.62 bits per heavy atom. The van der Waals surface area contributed by atoms with Gasteiger partial charge in [-0.1, -0.05) is 34.8 Å². The van der Waals surface area contributed by atoms with E-state index in [0.717, 1.165) is 17.0 Å². The highest BCUT2D eigenvalue weighted by atomic mass is 35.5. The summed E-state index contributed by atoms with van der Waals surface area (Å²) in [5, 5.41) is 5.13. The molecule has 1 N–H and O–H groups in total. The predicted molar refractivity (Wildman–Crippen MR) is 91.0 cm³/mol. The third kappa shape index (κ3) is 4.99. The number of nitrogens with one attached hydrogen (secondary N) is 1. The summed E-state index contributed by atoms with van der Waals surface area (Å²) in [5.74, 6) is 0.815. The number of benzene rings is 2. The minimum absolute atomic E-state index is 0.102. The monoisotopic (exact) mass is 343 g/mol. The van der Waals surface area contributed by atoms with Crippen molar-refractivity contribution in [1.29, 1.82) is 0 Å². The maximum Gasteiger partial charge on any atom is 0.124 e. The van der Waals surface area contributed by atoms with Crippen LogP contribution in [0.15, 0.2) is 36.4 Å². The number of hydrogen-bond acceptors (Lipinski definition) is 2. The summed E-state index contributed by atoms with van der Waals surface area (Å²) in [7, 11) is 0. The van der Waals surface area contributed by atoms with E-state index in [0.29, 0.717) is 21.6 Å². The second kappa shape index (κ2) is 7.26. The Labute approximate surface area is 140 Å². The number of anilines is 1. The minimum atomic E-state index is 0.102. The average Bonchev–Trinajstić information content (AvgIpc) is 2.37. The molecule has 0 atom stereocenters. The van der Waals surface area contributed by atoms with Crippen molar-refractivity contribution in [3.8, 4) is 5.75 Å². The summed E-state index contributed by atoms with van der Waals surface area (Å²) >= 11 is 18.0. The lowest BCUT2D eigenvalue weighted by molar-refractivity contribution is 0.240. The second-order valence-electron chi connectivity index (χ2n) is 4.93. The molecule has 0 aliphatic carbocycles. The van der Waals surface area contributed by atoms with Crippen LogP contribution in [0.5, 0.6) is 5.75 Å². The van der Waals surface area contributed by atoms with Gasteiger partial charge in [0.2, 0.25) is 0 Å². The third-order valence-corrected chi connectivity index (χ3v) is 3.40. The van der Waals surface area contributed by atoms with Crippen molar-refractivity contribution in [1.82, 2.24) is 0 Å². The van der Waals surface area contributed by atoms with E-state index >= 15 is 0 Å².